The van der Waals surface area contributed by atoms with Crippen molar-refractivity contribution in [2.45, 2.75) is 45.5 Å². The van der Waals surface area contributed by atoms with E-state index in [2.05, 4.69) is 18.8 Å². The number of hydrogen-bond donors (Lipinski definition) is 2. The Morgan fingerprint density at radius 2 is 1.86 bits per heavy atom. The van der Waals surface area contributed by atoms with Gasteiger partial charge in [-0.1, -0.05) is 49.8 Å². The Morgan fingerprint density at radius 1 is 1.09 bits per heavy atom. The molecular formula is C34H34BFN2O5. The van der Waals surface area contributed by atoms with Gasteiger partial charge in [0.25, 0.3) is 0 Å². The molecule has 3 aliphatic rings. The average molecular weight is 580 g/mol. The molecule has 220 valence electrons. The van der Waals surface area contributed by atoms with Crippen LogP contribution in [0.2, 0.25) is 6.32 Å². The third kappa shape index (κ3) is 5.55. The van der Waals surface area contributed by atoms with E-state index in [4.69, 9.17) is 4.65 Å². The van der Waals surface area contributed by atoms with Crippen LogP contribution in [0.25, 0.3) is 11.6 Å². The van der Waals surface area contributed by atoms with Crippen LogP contribution < -0.4 is 4.90 Å². The van der Waals surface area contributed by atoms with Crippen molar-refractivity contribution in [1.29, 1.82) is 0 Å². The maximum atomic E-state index is 14.2. The molecule has 2 N–H and O–H groups in total. The van der Waals surface area contributed by atoms with Crippen molar-refractivity contribution in [1.82, 2.24) is 4.98 Å². The molecule has 7 nitrogen and oxygen atoms in total. The highest BCUT2D eigenvalue weighted by Crippen LogP contribution is 2.52. The van der Waals surface area contributed by atoms with Crippen LogP contribution in [0.5, 0.6) is 5.75 Å². The molecule has 43 heavy (non-hydrogen) atoms. The van der Waals surface area contributed by atoms with E-state index in [9.17, 15) is 24.1 Å². The lowest BCUT2D eigenvalue weighted by Gasteiger charge is -2.44. The molecule has 2 aromatic carbocycles. The number of aromatic hydroxyl groups is 1. The van der Waals surface area contributed by atoms with Crippen LogP contribution in [0.4, 0.5) is 10.1 Å². The molecule has 2 saturated heterocycles. The van der Waals surface area contributed by atoms with Gasteiger partial charge >= 0.3 is 7.12 Å². The summed E-state index contributed by atoms with van der Waals surface area (Å²) in [5.41, 5.74) is 4.85. The van der Waals surface area contributed by atoms with E-state index in [0.29, 0.717) is 30.5 Å². The maximum Gasteiger partial charge on any atom is 0.455 e. The van der Waals surface area contributed by atoms with Crippen molar-refractivity contribution >= 4 is 36.3 Å². The fourth-order valence-corrected chi connectivity index (χ4v) is 7.01. The molecule has 0 saturated carbocycles. The number of nitrogens with zero attached hydrogens (tertiary/aromatic N) is 2. The Labute approximate surface area is 250 Å². The Kier molecular flexibility index (Phi) is 8.03. The number of allylic oxidation sites excluding steroid dienone is 2. The van der Waals surface area contributed by atoms with Gasteiger partial charge in [0.2, 0.25) is 11.8 Å². The van der Waals surface area contributed by atoms with Crippen molar-refractivity contribution in [3.05, 3.63) is 101 Å². The first-order valence-corrected chi connectivity index (χ1v) is 14.8. The molecule has 0 spiro atoms. The highest BCUT2D eigenvalue weighted by molar-refractivity contribution is 6.43. The molecule has 0 unspecified atom stereocenters. The Balaban J connectivity index is 1.34. The van der Waals surface area contributed by atoms with Crippen LogP contribution in [0.1, 0.15) is 44.4 Å². The molecule has 1 aliphatic carbocycles. The van der Waals surface area contributed by atoms with Crippen LogP contribution in [0.15, 0.2) is 84.1 Å². The van der Waals surface area contributed by atoms with Gasteiger partial charge in [-0.2, -0.15) is 0 Å². The van der Waals surface area contributed by atoms with E-state index in [1.807, 2.05) is 42.5 Å². The SMILES string of the molecule is CC(C)C1=C2[C@@H](CC/C(=C/c3ccc(O)c(F)c3)c3ccccn3)OB(O)C[C@@H]2[C@@H]2C(=O)N(c3ccccc3)C(=O)[C@@H]2C1. The fraction of sp³-hybridized carbons (Fsp3) is 0.324. The number of phenols is 1. The Morgan fingerprint density at radius 3 is 2.56 bits per heavy atom. The lowest BCUT2D eigenvalue weighted by Crippen LogP contribution is -2.46. The number of phenolic OH excluding ortho intramolecular Hbond substituents is 1. The zero-order valence-electron chi connectivity index (χ0n) is 24.2. The predicted octanol–water partition coefficient (Wildman–Crippen LogP) is 5.90. The number of benzene rings is 2. The lowest BCUT2D eigenvalue weighted by atomic mass is 9.57. The highest BCUT2D eigenvalue weighted by Gasteiger charge is 2.57. The molecule has 0 bridgehead atoms. The summed E-state index contributed by atoms with van der Waals surface area (Å²) >= 11 is 0. The van der Waals surface area contributed by atoms with Gasteiger partial charge in [0.15, 0.2) is 11.6 Å². The van der Waals surface area contributed by atoms with E-state index in [1.165, 1.54) is 17.0 Å². The summed E-state index contributed by atoms with van der Waals surface area (Å²) in [5.74, 6) is -2.75. The van der Waals surface area contributed by atoms with E-state index < -0.39 is 36.6 Å². The molecule has 6 rings (SSSR count). The molecule has 3 heterocycles. The van der Waals surface area contributed by atoms with Crippen LogP contribution in [-0.4, -0.2) is 40.2 Å². The van der Waals surface area contributed by atoms with Crippen LogP contribution in [-0.2, 0) is 14.2 Å². The number of pyridine rings is 1. The number of halogens is 1. The van der Waals surface area contributed by atoms with Crippen molar-refractivity contribution in [2.24, 2.45) is 23.7 Å². The van der Waals surface area contributed by atoms with Gasteiger partial charge in [0.1, 0.15) is 0 Å². The summed E-state index contributed by atoms with van der Waals surface area (Å²) in [5, 5.41) is 20.6. The zero-order valence-corrected chi connectivity index (χ0v) is 24.2. The van der Waals surface area contributed by atoms with Gasteiger partial charge in [0.05, 0.1) is 29.3 Å². The van der Waals surface area contributed by atoms with Crippen molar-refractivity contribution < 1.29 is 28.8 Å². The molecule has 2 fully saturated rings. The minimum absolute atomic E-state index is 0.124. The Hall–Kier alpha value is -4.08. The van der Waals surface area contributed by atoms with E-state index in [1.54, 1.807) is 24.4 Å². The molecule has 2 amide bonds. The second-order valence-corrected chi connectivity index (χ2v) is 11.9. The van der Waals surface area contributed by atoms with Crippen LogP contribution in [0, 0.1) is 29.5 Å². The molecule has 0 radical (unpaired) electrons. The first-order valence-electron chi connectivity index (χ1n) is 14.8. The number of fused-ring (bicyclic) bond motifs is 3. The summed E-state index contributed by atoms with van der Waals surface area (Å²) in [6, 6.07) is 18.8. The number of amides is 2. The van der Waals surface area contributed by atoms with Crippen molar-refractivity contribution in [2.75, 3.05) is 4.90 Å². The quantitative estimate of drug-likeness (QED) is 0.205. The normalized spacial score (nSPS) is 24.1. The van der Waals surface area contributed by atoms with E-state index in [-0.39, 0.29) is 30.0 Å². The Bertz CT molecular complexity index is 1590. The third-order valence-electron chi connectivity index (χ3n) is 8.94. The predicted molar refractivity (Wildman–Crippen MR) is 163 cm³/mol. The summed E-state index contributed by atoms with van der Waals surface area (Å²) < 4.78 is 20.3. The van der Waals surface area contributed by atoms with Gasteiger partial charge in [0, 0.05) is 6.20 Å². The van der Waals surface area contributed by atoms with E-state index in [0.717, 1.165) is 22.4 Å². The maximum absolute atomic E-state index is 14.2. The summed E-state index contributed by atoms with van der Waals surface area (Å²) in [7, 11) is -1.08. The number of para-hydroxylation sites is 1. The third-order valence-corrected chi connectivity index (χ3v) is 8.94. The fourth-order valence-electron chi connectivity index (χ4n) is 7.01. The number of hydrogen-bond acceptors (Lipinski definition) is 6. The van der Waals surface area contributed by atoms with E-state index >= 15 is 0 Å². The van der Waals surface area contributed by atoms with Crippen LogP contribution >= 0.6 is 0 Å². The summed E-state index contributed by atoms with van der Waals surface area (Å²) in [4.78, 5) is 33.4. The molecule has 2 aliphatic heterocycles. The first kappa shape index (κ1) is 29.0. The average Bonchev–Trinajstić information content (AvgIpc) is 3.26. The number of carbonyl (C=O) groups is 2. The number of anilines is 1. The smallest absolute Gasteiger partial charge is 0.455 e. The topological polar surface area (TPSA) is 100.0 Å². The standard InChI is InChI=1S/C34H34BFN2O5/c1-20(2)24-18-25-32(34(41)38(33(25)40)23-8-4-3-5-9-23)26-19-35(42)43-30(31(24)26)14-12-22(28-10-6-7-15-37-28)16-21-11-13-29(39)27(36)17-21/h3-11,13,15-17,20,25-26,30,32,39,42H,12,14,18-19H2,1-2H3/b22-16-/t25-,26+,30-,32-/m1/s1. The van der Waals surface area contributed by atoms with Gasteiger partial charge in [-0.05, 0) is 96.6 Å². The largest absolute Gasteiger partial charge is 0.505 e. The minimum atomic E-state index is -1.08. The minimum Gasteiger partial charge on any atom is -0.505 e. The zero-order chi connectivity index (χ0) is 30.2. The summed E-state index contributed by atoms with van der Waals surface area (Å²) in [6.45, 7) is 4.19. The first-order chi connectivity index (χ1) is 20.7. The molecule has 3 aromatic rings. The van der Waals surface area contributed by atoms with Gasteiger partial charge < -0.3 is 14.8 Å². The van der Waals surface area contributed by atoms with Crippen molar-refractivity contribution in [3.8, 4) is 5.75 Å². The monoisotopic (exact) mass is 580 g/mol. The molecule has 9 heteroatoms. The number of aromatic nitrogens is 1. The second kappa shape index (κ2) is 11.9. The second-order valence-electron chi connectivity index (χ2n) is 11.9. The number of rotatable bonds is 7. The number of imide groups is 1. The van der Waals surface area contributed by atoms with Gasteiger partial charge in [-0.25, -0.2) is 4.39 Å². The molecule has 4 atom stereocenters. The number of carbonyl (C=O) groups excluding carboxylic acids is 2. The van der Waals surface area contributed by atoms with Crippen LogP contribution in [0.3, 0.4) is 0 Å². The van der Waals surface area contributed by atoms with Crippen molar-refractivity contribution in [3.63, 3.8) is 0 Å². The lowest BCUT2D eigenvalue weighted by molar-refractivity contribution is -0.122. The van der Waals surface area contributed by atoms with Gasteiger partial charge in [-0.3, -0.25) is 19.5 Å². The summed E-state index contributed by atoms with van der Waals surface area (Å²) in [6.07, 6.45) is 4.78. The molecular weight excluding hydrogens is 546 g/mol. The molecule has 1 aromatic heterocycles. The highest BCUT2D eigenvalue weighted by atomic mass is 19.1. The van der Waals surface area contributed by atoms with Gasteiger partial charge in [-0.15, -0.1) is 0 Å².